The topological polar surface area (TPSA) is 15.7 Å². The van der Waals surface area contributed by atoms with Gasteiger partial charge in [-0.15, -0.1) is 0 Å². The Bertz CT molecular complexity index is 890. The van der Waals surface area contributed by atoms with E-state index in [0.717, 1.165) is 42.5 Å². The summed E-state index contributed by atoms with van der Waals surface area (Å²) < 4.78 is 18.8. The number of benzene rings is 3. The third kappa shape index (κ3) is 4.78. The van der Waals surface area contributed by atoms with Crippen LogP contribution in [-0.4, -0.2) is 30.0 Å². The smallest absolute Gasteiger partial charge is 0.123 e. The monoisotopic (exact) mass is 410 g/mol. The molecule has 0 aliphatic carbocycles. The summed E-state index contributed by atoms with van der Waals surface area (Å²) in [6.45, 7) is 3.48. The molecule has 0 spiro atoms. The Labute approximate surface area is 176 Å². The molecule has 0 N–H and O–H groups in total. The molecular weight excluding hydrogens is 387 g/mol. The molecule has 29 heavy (non-hydrogen) atoms. The molecule has 0 amide bonds. The maximum absolute atomic E-state index is 13.3. The minimum atomic E-state index is -0.205. The fraction of sp³-hybridized carbons (Fsp3) is 0.250. The van der Waals surface area contributed by atoms with E-state index in [-0.39, 0.29) is 12.0 Å². The Kier molecular flexibility index (Phi) is 6.14. The van der Waals surface area contributed by atoms with Crippen molar-refractivity contribution in [2.24, 2.45) is 0 Å². The number of hydrogen-bond acceptors (Lipinski definition) is 3. The van der Waals surface area contributed by atoms with Gasteiger partial charge >= 0.3 is 0 Å². The van der Waals surface area contributed by atoms with Crippen LogP contribution in [0.3, 0.4) is 0 Å². The molecule has 3 aromatic carbocycles. The second kappa shape index (κ2) is 8.95. The molecule has 0 aromatic heterocycles. The number of nitrogens with zero attached hydrogens (tertiary/aromatic N) is 2. The van der Waals surface area contributed by atoms with E-state index in [1.54, 1.807) is 7.11 Å². The minimum Gasteiger partial charge on any atom is -0.497 e. The zero-order valence-electron chi connectivity index (χ0n) is 16.4. The van der Waals surface area contributed by atoms with Crippen molar-refractivity contribution in [2.45, 2.75) is 19.3 Å². The summed E-state index contributed by atoms with van der Waals surface area (Å²) in [6, 6.07) is 23.0. The normalized spacial score (nSPS) is 17.6. The minimum absolute atomic E-state index is 0.117. The standard InChI is InChI=1S/C24H24ClFN2O/c1-29-23-4-2-3-20(15-23)24-27(16-18-5-9-21(25)10-6-18)13-14-28(24)17-19-7-11-22(26)12-8-19/h2-12,15,24H,13-14,16-17H2,1H3/t24-/m0/s1. The van der Waals surface area contributed by atoms with Crippen LogP contribution in [0.1, 0.15) is 22.9 Å². The summed E-state index contributed by atoms with van der Waals surface area (Å²) in [5, 5.41) is 0.748. The van der Waals surface area contributed by atoms with Crippen molar-refractivity contribution in [2.75, 3.05) is 20.2 Å². The molecule has 150 valence electrons. The van der Waals surface area contributed by atoms with Crippen LogP contribution < -0.4 is 4.74 Å². The van der Waals surface area contributed by atoms with Gasteiger partial charge in [0.25, 0.3) is 0 Å². The molecule has 0 bridgehead atoms. The van der Waals surface area contributed by atoms with Crippen LogP contribution in [0.4, 0.5) is 4.39 Å². The van der Waals surface area contributed by atoms with Gasteiger partial charge in [0.1, 0.15) is 11.6 Å². The van der Waals surface area contributed by atoms with Crippen LogP contribution >= 0.6 is 11.6 Å². The van der Waals surface area contributed by atoms with Crippen LogP contribution in [0.15, 0.2) is 72.8 Å². The van der Waals surface area contributed by atoms with E-state index in [1.807, 2.05) is 36.4 Å². The summed E-state index contributed by atoms with van der Waals surface area (Å²) in [7, 11) is 1.69. The van der Waals surface area contributed by atoms with Crippen molar-refractivity contribution in [1.82, 2.24) is 9.80 Å². The highest BCUT2D eigenvalue weighted by atomic mass is 35.5. The fourth-order valence-electron chi connectivity index (χ4n) is 3.94. The second-order valence-corrected chi connectivity index (χ2v) is 7.78. The second-order valence-electron chi connectivity index (χ2n) is 7.34. The van der Waals surface area contributed by atoms with E-state index < -0.39 is 0 Å². The zero-order valence-corrected chi connectivity index (χ0v) is 17.1. The maximum atomic E-state index is 13.3. The third-order valence-electron chi connectivity index (χ3n) is 5.36. The van der Waals surface area contributed by atoms with Gasteiger partial charge in [0.15, 0.2) is 0 Å². The Hall–Kier alpha value is -2.40. The third-order valence-corrected chi connectivity index (χ3v) is 5.61. The van der Waals surface area contributed by atoms with E-state index in [0.29, 0.717) is 0 Å². The molecule has 0 unspecified atom stereocenters. The van der Waals surface area contributed by atoms with Crippen LogP contribution in [0.2, 0.25) is 5.02 Å². The van der Waals surface area contributed by atoms with E-state index in [4.69, 9.17) is 16.3 Å². The van der Waals surface area contributed by atoms with E-state index in [1.165, 1.54) is 23.3 Å². The van der Waals surface area contributed by atoms with Crippen LogP contribution in [0.5, 0.6) is 5.75 Å². The van der Waals surface area contributed by atoms with Gasteiger partial charge < -0.3 is 4.74 Å². The average Bonchev–Trinajstić information content (AvgIpc) is 3.13. The number of ether oxygens (including phenoxy) is 1. The molecule has 3 aromatic rings. The zero-order chi connectivity index (χ0) is 20.2. The summed E-state index contributed by atoms with van der Waals surface area (Å²) in [5.74, 6) is 0.645. The first-order valence-corrected chi connectivity index (χ1v) is 10.1. The van der Waals surface area contributed by atoms with Crippen molar-refractivity contribution < 1.29 is 9.13 Å². The molecule has 3 nitrogen and oxygen atoms in total. The highest BCUT2D eigenvalue weighted by molar-refractivity contribution is 6.30. The molecule has 5 heteroatoms. The van der Waals surface area contributed by atoms with Gasteiger partial charge in [0, 0.05) is 31.2 Å². The van der Waals surface area contributed by atoms with E-state index in [2.05, 4.69) is 34.1 Å². The number of rotatable bonds is 6. The predicted octanol–water partition coefficient (Wildman–Crippen LogP) is 5.50. The Morgan fingerprint density at radius 1 is 0.897 bits per heavy atom. The first-order valence-electron chi connectivity index (χ1n) is 9.73. The lowest BCUT2D eigenvalue weighted by Crippen LogP contribution is -2.30. The lowest BCUT2D eigenvalue weighted by atomic mass is 10.1. The van der Waals surface area contributed by atoms with Crippen molar-refractivity contribution >= 4 is 11.6 Å². The Morgan fingerprint density at radius 2 is 1.48 bits per heavy atom. The lowest BCUT2D eigenvalue weighted by Gasteiger charge is -2.31. The van der Waals surface area contributed by atoms with Crippen LogP contribution in [-0.2, 0) is 13.1 Å². The van der Waals surface area contributed by atoms with Gasteiger partial charge in [0.05, 0.1) is 13.3 Å². The maximum Gasteiger partial charge on any atom is 0.123 e. The number of hydrogen-bond donors (Lipinski definition) is 0. The SMILES string of the molecule is COc1cccc([C@@H]2N(Cc3ccc(F)cc3)CCN2Cc2ccc(Cl)cc2)c1. The Morgan fingerprint density at radius 3 is 2.07 bits per heavy atom. The molecule has 4 rings (SSSR count). The lowest BCUT2D eigenvalue weighted by molar-refractivity contribution is 0.125. The molecule has 1 aliphatic rings. The Balaban J connectivity index is 1.61. The molecule has 1 fully saturated rings. The van der Waals surface area contributed by atoms with Gasteiger partial charge in [-0.25, -0.2) is 4.39 Å². The van der Waals surface area contributed by atoms with E-state index in [9.17, 15) is 4.39 Å². The van der Waals surface area contributed by atoms with Gasteiger partial charge in [-0.3, -0.25) is 9.80 Å². The molecule has 0 radical (unpaired) electrons. The average molecular weight is 411 g/mol. The predicted molar refractivity (Wildman–Crippen MR) is 114 cm³/mol. The van der Waals surface area contributed by atoms with Crippen molar-refractivity contribution in [3.05, 3.63) is 100 Å². The van der Waals surface area contributed by atoms with E-state index >= 15 is 0 Å². The quantitative estimate of drug-likeness (QED) is 0.533. The van der Waals surface area contributed by atoms with Crippen molar-refractivity contribution in [3.8, 4) is 5.75 Å². The van der Waals surface area contributed by atoms with Gasteiger partial charge in [-0.05, 0) is 53.1 Å². The summed E-state index contributed by atoms with van der Waals surface area (Å²) in [6.07, 6.45) is 0.117. The molecule has 0 saturated carbocycles. The first kappa shape index (κ1) is 19.9. The highest BCUT2D eigenvalue weighted by Gasteiger charge is 2.33. The molecule has 1 heterocycles. The van der Waals surface area contributed by atoms with Gasteiger partial charge in [0.2, 0.25) is 0 Å². The largest absolute Gasteiger partial charge is 0.497 e. The molecular formula is C24H24ClFN2O. The van der Waals surface area contributed by atoms with Crippen molar-refractivity contribution in [1.29, 1.82) is 0 Å². The highest BCUT2D eigenvalue weighted by Crippen LogP contribution is 2.34. The van der Waals surface area contributed by atoms with Gasteiger partial charge in [-0.2, -0.15) is 0 Å². The summed E-state index contributed by atoms with van der Waals surface area (Å²) >= 11 is 6.05. The van der Waals surface area contributed by atoms with Crippen LogP contribution in [0, 0.1) is 5.82 Å². The number of halogens is 2. The molecule has 1 saturated heterocycles. The molecule has 1 aliphatic heterocycles. The van der Waals surface area contributed by atoms with Crippen LogP contribution in [0.25, 0.3) is 0 Å². The molecule has 1 atom stereocenters. The summed E-state index contributed by atoms with van der Waals surface area (Å²) in [4.78, 5) is 4.89. The van der Waals surface area contributed by atoms with Crippen molar-refractivity contribution in [3.63, 3.8) is 0 Å². The number of methoxy groups -OCH3 is 1. The fourth-order valence-corrected chi connectivity index (χ4v) is 4.06. The van der Waals surface area contributed by atoms with Gasteiger partial charge in [-0.1, -0.05) is 48.0 Å². The summed E-state index contributed by atoms with van der Waals surface area (Å²) in [5.41, 5.74) is 3.52. The first-order chi connectivity index (χ1) is 14.1.